The van der Waals surface area contributed by atoms with E-state index in [1.165, 1.54) is 26.4 Å². The second-order valence-corrected chi connectivity index (χ2v) is 5.64. The first-order valence-corrected chi connectivity index (χ1v) is 7.03. The maximum absolute atomic E-state index is 11.5. The van der Waals surface area contributed by atoms with Gasteiger partial charge in [-0.05, 0) is 13.1 Å². The lowest BCUT2D eigenvalue weighted by Gasteiger charge is -2.10. The Morgan fingerprint density at radius 1 is 1.53 bits per heavy atom. The topological polar surface area (TPSA) is 123 Å². The number of hydrogen-bond acceptors (Lipinski definition) is 7. The van der Waals surface area contributed by atoms with Crippen molar-refractivity contribution in [2.24, 2.45) is 0 Å². The number of ether oxygens (including phenoxy) is 1. The molecule has 4 N–H and O–H groups in total. The average molecular weight is 288 g/mol. The molecule has 0 aromatic carbocycles. The molecule has 0 aliphatic rings. The van der Waals surface area contributed by atoms with Crippen LogP contribution in [0.1, 0.15) is 10.4 Å². The van der Waals surface area contributed by atoms with Gasteiger partial charge in [-0.2, -0.15) is 0 Å². The number of hydrogen-bond donors (Lipinski definition) is 3. The minimum Gasteiger partial charge on any atom is -0.465 e. The van der Waals surface area contributed by atoms with Crippen molar-refractivity contribution in [2.75, 3.05) is 37.5 Å². The fourth-order valence-electron chi connectivity index (χ4n) is 1.31. The first-order valence-electron chi connectivity index (χ1n) is 5.38. The Hall–Kier alpha value is -1.87. The number of nitrogens with two attached hydrogens (primary N) is 1. The zero-order valence-corrected chi connectivity index (χ0v) is 11.5. The van der Waals surface area contributed by atoms with Gasteiger partial charge >= 0.3 is 5.97 Å². The van der Waals surface area contributed by atoms with E-state index in [1.54, 1.807) is 0 Å². The van der Waals surface area contributed by atoms with Crippen molar-refractivity contribution >= 4 is 27.5 Å². The quantitative estimate of drug-likeness (QED) is 0.598. The molecule has 0 saturated carbocycles. The molecule has 0 aliphatic carbocycles. The molecule has 1 aromatic heterocycles. The van der Waals surface area contributed by atoms with Gasteiger partial charge in [0.15, 0.2) is 0 Å². The number of nitrogens with zero attached hydrogens (tertiary/aromatic N) is 1. The monoisotopic (exact) mass is 288 g/mol. The van der Waals surface area contributed by atoms with Crippen LogP contribution in [0.4, 0.5) is 11.5 Å². The third-order valence-corrected chi connectivity index (χ3v) is 3.69. The molecule has 0 bridgehead atoms. The van der Waals surface area contributed by atoms with Crippen molar-refractivity contribution in [1.82, 2.24) is 9.71 Å². The molecule has 9 heteroatoms. The number of nitrogens with one attached hydrogen (secondary N) is 2. The van der Waals surface area contributed by atoms with Crippen LogP contribution in [-0.4, -0.2) is 45.8 Å². The molecule has 0 amide bonds. The van der Waals surface area contributed by atoms with Crippen LogP contribution in [0.15, 0.2) is 12.3 Å². The van der Waals surface area contributed by atoms with E-state index < -0.39 is 16.0 Å². The summed E-state index contributed by atoms with van der Waals surface area (Å²) in [5, 5.41) is 2.81. The molecule has 0 saturated heterocycles. The normalized spacial score (nSPS) is 11.1. The molecule has 0 spiro atoms. The third kappa shape index (κ3) is 4.38. The van der Waals surface area contributed by atoms with Gasteiger partial charge in [0.25, 0.3) is 0 Å². The molecule has 1 rings (SSSR count). The summed E-state index contributed by atoms with van der Waals surface area (Å²) in [6.07, 6.45) is 1.35. The first-order chi connectivity index (χ1) is 8.89. The van der Waals surface area contributed by atoms with Crippen LogP contribution >= 0.6 is 0 Å². The molecular formula is C10H16N4O4S. The van der Waals surface area contributed by atoms with Gasteiger partial charge in [-0.15, -0.1) is 0 Å². The summed E-state index contributed by atoms with van der Waals surface area (Å²) in [7, 11) is -0.733. The van der Waals surface area contributed by atoms with Crippen molar-refractivity contribution in [2.45, 2.75) is 0 Å². The Morgan fingerprint density at radius 2 is 2.21 bits per heavy atom. The number of pyridine rings is 1. The Labute approximate surface area is 111 Å². The predicted molar refractivity (Wildman–Crippen MR) is 71.3 cm³/mol. The number of carbonyl (C=O) groups excluding carboxylic acids is 1. The fourth-order valence-corrected chi connectivity index (χ4v) is 1.89. The maximum Gasteiger partial charge on any atom is 0.340 e. The molecule has 0 aliphatic heterocycles. The smallest absolute Gasteiger partial charge is 0.340 e. The van der Waals surface area contributed by atoms with Crippen molar-refractivity contribution in [1.29, 1.82) is 0 Å². The number of rotatable bonds is 6. The third-order valence-electron chi connectivity index (χ3n) is 2.33. The van der Waals surface area contributed by atoms with Crippen molar-refractivity contribution in [3.05, 3.63) is 17.8 Å². The minimum atomic E-state index is -3.31. The molecule has 8 nitrogen and oxygen atoms in total. The van der Waals surface area contributed by atoms with E-state index in [1.807, 2.05) is 0 Å². The summed E-state index contributed by atoms with van der Waals surface area (Å²) in [5.74, 6) is -0.532. The molecule has 0 atom stereocenters. The highest BCUT2D eigenvalue weighted by Gasteiger charge is 2.14. The molecule has 0 unspecified atom stereocenters. The summed E-state index contributed by atoms with van der Waals surface area (Å²) in [4.78, 5) is 15.4. The van der Waals surface area contributed by atoms with Crippen molar-refractivity contribution in [3.8, 4) is 0 Å². The summed E-state index contributed by atoms with van der Waals surface area (Å²) in [6.45, 7) is 0.124. The average Bonchev–Trinajstić information content (AvgIpc) is 2.39. The number of aromatic nitrogens is 1. The number of esters is 1. The number of nitrogen functional groups attached to an aromatic ring is 1. The molecule has 1 aromatic rings. The van der Waals surface area contributed by atoms with E-state index in [2.05, 4.69) is 19.8 Å². The summed E-state index contributed by atoms with van der Waals surface area (Å²) in [6, 6.07) is 1.36. The van der Waals surface area contributed by atoms with E-state index in [4.69, 9.17) is 5.73 Å². The lowest BCUT2D eigenvalue weighted by Crippen LogP contribution is -2.26. The van der Waals surface area contributed by atoms with Gasteiger partial charge in [0.2, 0.25) is 10.0 Å². The van der Waals surface area contributed by atoms with Gasteiger partial charge in [-0.3, -0.25) is 0 Å². The summed E-state index contributed by atoms with van der Waals surface area (Å²) < 4.78 is 29.3. The van der Waals surface area contributed by atoms with Crippen molar-refractivity contribution in [3.63, 3.8) is 0 Å². The highest BCUT2D eigenvalue weighted by atomic mass is 32.2. The Morgan fingerprint density at radius 3 is 2.79 bits per heavy atom. The van der Waals surface area contributed by atoms with Crippen LogP contribution in [0.3, 0.4) is 0 Å². The number of anilines is 2. The number of methoxy groups -OCH3 is 1. The van der Waals surface area contributed by atoms with Gasteiger partial charge in [0.1, 0.15) is 5.82 Å². The van der Waals surface area contributed by atoms with E-state index in [0.29, 0.717) is 5.69 Å². The van der Waals surface area contributed by atoms with Crippen LogP contribution in [0, 0.1) is 0 Å². The predicted octanol–water partition coefficient (Wildman–Crippen LogP) is -0.588. The molecule has 1 heterocycles. The van der Waals surface area contributed by atoms with Gasteiger partial charge in [-0.1, -0.05) is 0 Å². The Bertz CT molecular complexity index is 559. The second-order valence-electron chi connectivity index (χ2n) is 3.60. The highest BCUT2D eigenvalue weighted by Crippen LogP contribution is 2.17. The molecule has 0 radical (unpaired) electrons. The van der Waals surface area contributed by atoms with Crippen molar-refractivity contribution < 1.29 is 17.9 Å². The SMILES string of the molecule is CNS(=O)(=O)CCNc1cnc(N)cc1C(=O)OC. The lowest BCUT2D eigenvalue weighted by atomic mass is 10.2. The molecule has 0 fully saturated rings. The zero-order valence-electron chi connectivity index (χ0n) is 10.6. The van der Waals surface area contributed by atoms with Crippen LogP contribution in [-0.2, 0) is 14.8 Å². The lowest BCUT2D eigenvalue weighted by molar-refractivity contribution is 0.0601. The maximum atomic E-state index is 11.5. The van der Waals surface area contributed by atoms with Gasteiger partial charge in [-0.25, -0.2) is 22.9 Å². The highest BCUT2D eigenvalue weighted by molar-refractivity contribution is 7.89. The second kappa shape index (κ2) is 6.34. The Kier molecular flexibility index (Phi) is 5.07. The van der Waals surface area contributed by atoms with Crippen LogP contribution < -0.4 is 15.8 Å². The van der Waals surface area contributed by atoms with E-state index >= 15 is 0 Å². The molecule has 19 heavy (non-hydrogen) atoms. The number of sulfonamides is 1. The Balaban J connectivity index is 2.81. The molecule has 106 valence electrons. The first kappa shape index (κ1) is 15.2. The fraction of sp³-hybridized carbons (Fsp3) is 0.400. The summed E-state index contributed by atoms with van der Waals surface area (Å²) >= 11 is 0. The van der Waals surface area contributed by atoms with Gasteiger partial charge in [0, 0.05) is 6.54 Å². The van der Waals surface area contributed by atoms with Gasteiger partial charge < -0.3 is 15.8 Å². The van der Waals surface area contributed by atoms with E-state index in [9.17, 15) is 13.2 Å². The molecular weight excluding hydrogens is 272 g/mol. The minimum absolute atomic E-state index is 0.124. The van der Waals surface area contributed by atoms with Crippen LogP contribution in [0.5, 0.6) is 0 Å². The van der Waals surface area contributed by atoms with Crippen LogP contribution in [0.25, 0.3) is 0 Å². The summed E-state index contributed by atoms with van der Waals surface area (Å²) in [5.41, 5.74) is 6.06. The number of carbonyl (C=O) groups is 1. The standard InChI is InChI=1S/C10H16N4O4S/c1-12-19(16,17)4-3-13-8-6-14-9(11)5-7(8)10(15)18-2/h5-6,12-13H,3-4H2,1-2H3,(H2,11,14). The van der Waals surface area contributed by atoms with Gasteiger partial charge in [0.05, 0.1) is 30.3 Å². The zero-order chi connectivity index (χ0) is 14.5. The largest absolute Gasteiger partial charge is 0.465 e. The van der Waals surface area contributed by atoms with Crippen LogP contribution in [0.2, 0.25) is 0 Å². The van der Waals surface area contributed by atoms with E-state index in [-0.39, 0.29) is 23.7 Å². The van der Waals surface area contributed by atoms with E-state index in [0.717, 1.165) is 0 Å².